The smallest absolute Gasteiger partial charge is 0.330 e. The molecule has 0 aromatic rings. The van der Waals surface area contributed by atoms with E-state index >= 15 is 0 Å². The van der Waals surface area contributed by atoms with E-state index in [0.717, 1.165) is 6.42 Å². The molecule has 4 unspecified atom stereocenters. The largest absolute Gasteiger partial charge is 0.562 e. The van der Waals surface area contributed by atoms with E-state index in [9.17, 15) is 22.3 Å². The number of hydrogen-bond donors (Lipinski definition) is 2. The molecule has 0 heterocycles. The maximum Gasteiger partial charge on any atom is 0.562 e. The second kappa shape index (κ2) is 10.6. The van der Waals surface area contributed by atoms with Crippen LogP contribution in [0, 0.1) is 11.8 Å². The summed E-state index contributed by atoms with van der Waals surface area (Å²) in [7, 11) is -4.86. The predicted molar refractivity (Wildman–Crippen MR) is 76.7 cm³/mol. The Balaban J connectivity index is 4.37. The maximum absolute atomic E-state index is 12.6. The van der Waals surface area contributed by atoms with Gasteiger partial charge in [-0.1, -0.05) is 6.92 Å². The Hall–Kier alpha value is -0.130. The molecule has 0 amide bonds. The van der Waals surface area contributed by atoms with Crippen molar-refractivity contribution < 1.29 is 26.6 Å². The third kappa shape index (κ3) is 9.48. The lowest BCUT2D eigenvalue weighted by Crippen LogP contribution is -2.27. The minimum absolute atomic E-state index is 0.0597. The molecule has 4 N–H and O–H groups in total. The molecule has 4 atom stereocenters. The third-order valence-corrected chi connectivity index (χ3v) is 6.10. The Morgan fingerprint density at radius 3 is 2.00 bits per heavy atom. The zero-order valence-electron chi connectivity index (χ0n) is 12.0. The second-order valence-corrected chi connectivity index (χ2v) is 7.49. The Morgan fingerprint density at radius 1 is 1.05 bits per heavy atom. The molecule has 0 aromatic heterocycles. The maximum atomic E-state index is 12.6. The predicted octanol–water partition coefficient (Wildman–Crippen LogP) is 3.39. The molecule has 124 valence electrons. The van der Waals surface area contributed by atoms with Crippen molar-refractivity contribution in [1.82, 2.24) is 0 Å². The number of rotatable bonds is 11. The van der Waals surface area contributed by atoms with Crippen LogP contribution in [-0.2, 0) is 13.4 Å². The average Bonchev–Trinajstić information content (AvgIpc) is 2.36. The van der Waals surface area contributed by atoms with Crippen LogP contribution < -0.4 is 11.5 Å². The van der Waals surface area contributed by atoms with Gasteiger partial charge < -0.3 is 11.5 Å². The Kier molecular flexibility index (Phi) is 10.5. The van der Waals surface area contributed by atoms with E-state index in [1.165, 1.54) is 0 Å². The lowest BCUT2D eigenvalue weighted by atomic mass is 10.1. The highest BCUT2D eigenvalue weighted by Crippen LogP contribution is 2.44. The summed E-state index contributed by atoms with van der Waals surface area (Å²) in [6, 6.07) is 0. The normalized spacial score (nSPS) is 16.5. The van der Waals surface area contributed by atoms with Gasteiger partial charge in [0.05, 0.1) is 0 Å². The quantitative estimate of drug-likeness (QED) is 0.557. The van der Waals surface area contributed by atoms with Crippen molar-refractivity contribution in [2.45, 2.75) is 32.4 Å². The van der Waals surface area contributed by atoms with Crippen LogP contribution in [0.4, 0.5) is 13.2 Å². The summed E-state index contributed by atoms with van der Waals surface area (Å²) in [5, 5.41) is 0. The van der Waals surface area contributed by atoms with Crippen molar-refractivity contribution >= 4 is 16.1 Å². The van der Waals surface area contributed by atoms with Gasteiger partial charge in [-0.25, -0.2) is 0 Å². The first-order chi connectivity index (χ1) is 9.74. The van der Waals surface area contributed by atoms with E-state index in [1.807, 2.05) is 6.92 Å². The number of halogens is 3. The van der Waals surface area contributed by atoms with Crippen molar-refractivity contribution in [3.8, 4) is 0 Å². The summed E-state index contributed by atoms with van der Waals surface area (Å²) in [4.78, 5) is 0. The van der Waals surface area contributed by atoms with Crippen LogP contribution in [-0.4, -0.2) is 31.6 Å². The molecule has 0 fully saturated rings. The van der Waals surface area contributed by atoms with Crippen molar-refractivity contribution in [3.05, 3.63) is 0 Å². The van der Waals surface area contributed by atoms with Gasteiger partial charge in [0.15, 0.2) is 12.3 Å². The molecule has 21 heavy (non-hydrogen) atoms. The van der Waals surface area contributed by atoms with Gasteiger partial charge in [0, 0.05) is 5.92 Å². The van der Waals surface area contributed by atoms with E-state index in [4.69, 9.17) is 15.8 Å². The fourth-order valence-corrected chi connectivity index (χ4v) is 4.74. The van der Waals surface area contributed by atoms with Gasteiger partial charge in [-0.2, -0.15) is 13.2 Å². The molecular weight excluding hydrogens is 327 g/mol. The number of hydrogen-bond acceptors (Lipinski definition) is 5. The molecule has 5 nitrogen and oxygen atoms in total. The fraction of sp³-hybridized carbons (Fsp3) is 1.00. The summed E-state index contributed by atoms with van der Waals surface area (Å²) >= 11 is 0. The van der Waals surface area contributed by atoms with Crippen LogP contribution in [0.5, 0.6) is 0 Å². The SMILES string of the molecule is CCC(CCN)C[P+](=O)O[P+](=O)CC(CCN)C(F)(F)F. The first-order valence-electron chi connectivity index (χ1n) is 6.78. The van der Waals surface area contributed by atoms with Crippen molar-refractivity contribution in [3.63, 3.8) is 0 Å². The zero-order valence-corrected chi connectivity index (χ0v) is 13.8. The van der Waals surface area contributed by atoms with Crippen LogP contribution in [0.3, 0.4) is 0 Å². The molecule has 0 aromatic carbocycles. The summed E-state index contributed by atoms with van der Waals surface area (Å²) < 4.78 is 65.9. The van der Waals surface area contributed by atoms with Gasteiger partial charge in [0.2, 0.25) is 0 Å². The molecule has 0 aliphatic rings. The van der Waals surface area contributed by atoms with Crippen molar-refractivity contribution in [2.75, 3.05) is 25.4 Å². The van der Waals surface area contributed by atoms with E-state index in [1.54, 1.807) is 0 Å². The van der Waals surface area contributed by atoms with E-state index < -0.39 is 34.3 Å². The first kappa shape index (κ1) is 20.9. The van der Waals surface area contributed by atoms with Gasteiger partial charge in [-0.15, -0.1) is 0 Å². The van der Waals surface area contributed by atoms with E-state index in [2.05, 4.69) is 0 Å². The molecule has 10 heteroatoms. The highest BCUT2D eigenvalue weighted by Gasteiger charge is 2.47. The van der Waals surface area contributed by atoms with Crippen LogP contribution in [0.1, 0.15) is 26.2 Å². The first-order valence-corrected chi connectivity index (χ1v) is 9.51. The third-order valence-electron chi connectivity index (χ3n) is 3.09. The van der Waals surface area contributed by atoms with E-state index in [-0.39, 0.29) is 25.0 Å². The monoisotopic (exact) mass is 350 g/mol. The Morgan fingerprint density at radius 2 is 1.57 bits per heavy atom. The zero-order chi connectivity index (χ0) is 16.5. The number of alkyl halides is 3. The molecule has 0 bridgehead atoms. The minimum atomic E-state index is -4.48. The highest BCUT2D eigenvalue weighted by molar-refractivity contribution is 7.53. The van der Waals surface area contributed by atoms with Gasteiger partial charge in [0.25, 0.3) is 0 Å². The Bertz CT molecular complexity index is 343. The summed E-state index contributed by atoms with van der Waals surface area (Å²) in [5.41, 5.74) is 10.5. The van der Waals surface area contributed by atoms with Crippen molar-refractivity contribution in [1.29, 1.82) is 0 Å². The standard InChI is InChI=1S/C11H23F3N2O3P2/c1-2-9(3-5-15)7-20(17)19-21(18)8-10(4-6-16)11(12,13)14/h9-10H,2-8,15-16H2,1H3/q+2. The Labute approximate surface area is 124 Å². The lowest BCUT2D eigenvalue weighted by Gasteiger charge is -2.13. The van der Waals surface area contributed by atoms with Crippen LogP contribution in [0.15, 0.2) is 0 Å². The summed E-state index contributed by atoms with van der Waals surface area (Å²) in [6.07, 6.45) is -3.96. The number of nitrogens with two attached hydrogens (primary N) is 2. The molecule has 0 spiro atoms. The molecule has 0 saturated heterocycles. The van der Waals surface area contributed by atoms with Gasteiger partial charge in [0.1, 0.15) is 10.2 Å². The molecule has 0 aliphatic heterocycles. The van der Waals surface area contributed by atoms with Crippen LogP contribution >= 0.6 is 16.1 Å². The molecular formula is C11H23F3N2O3P2+2. The molecule has 0 radical (unpaired) electrons. The minimum Gasteiger partial charge on any atom is -0.330 e. The van der Waals surface area contributed by atoms with E-state index in [0.29, 0.717) is 13.0 Å². The highest BCUT2D eigenvalue weighted by atomic mass is 31.2. The fourth-order valence-electron chi connectivity index (χ4n) is 1.78. The average molecular weight is 350 g/mol. The topological polar surface area (TPSA) is 95.4 Å². The van der Waals surface area contributed by atoms with Crippen molar-refractivity contribution in [2.24, 2.45) is 23.3 Å². The van der Waals surface area contributed by atoms with Gasteiger partial charge in [-0.05, 0) is 41.5 Å². The molecule has 0 aliphatic carbocycles. The van der Waals surface area contributed by atoms with Gasteiger partial charge in [-0.3, -0.25) is 0 Å². The van der Waals surface area contributed by atoms with Crippen LogP contribution in [0.2, 0.25) is 0 Å². The molecule has 0 rings (SSSR count). The van der Waals surface area contributed by atoms with Gasteiger partial charge >= 0.3 is 22.2 Å². The molecule has 0 saturated carbocycles. The summed E-state index contributed by atoms with van der Waals surface area (Å²) in [5.74, 6) is -1.73. The lowest BCUT2D eigenvalue weighted by molar-refractivity contribution is -0.169. The second-order valence-electron chi connectivity index (χ2n) is 4.78. The summed E-state index contributed by atoms with van der Waals surface area (Å²) in [6.45, 7) is 2.17. The van der Waals surface area contributed by atoms with Crippen LogP contribution in [0.25, 0.3) is 0 Å².